The van der Waals surface area contributed by atoms with Gasteiger partial charge in [-0.25, -0.2) is 0 Å². The van der Waals surface area contributed by atoms with Crippen LogP contribution in [0.1, 0.15) is 20.2 Å². The van der Waals surface area contributed by atoms with Crippen LogP contribution in [0.5, 0.6) is 5.75 Å². The molecule has 0 unspecified atom stereocenters. The molecule has 0 aliphatic rings. The van der Waals surface area contributed by atoms with E-state index in [4.69, 9.17) is 27.8 Å². The molecule has 2 aromatic heterocycles. The number of aromatic amines is 1. The number of hydrogen-bond donors (Lipinski definition) is 4. The lowest BCUT2D eigenvalue weighted by atomic mass is 10.2. The summed E-state index contributed by atoms with van der Waals surface area (Å²) in [7, 11) is 1.58. The number of amides is 1. The molecule has 9 heteroatoms. The molecule has 0 radical (unpaired) electrons. The molecule has 3 aromatic rings. The lowest BCUT2D eigenvalue weighted by Crippen LogP contribution is -2.28. The lowest BCUT2D eigenvalue weighted by Gasteiger charge is -2.07. The van der Waals surface area contributed by atoms with E-state index in [0.717, 1.165) is 9.75 Å². The minimum Gasteiger partial charge on any atom is -0.486 e. The zero-order valence-corrected chi connectivity index (χ0v) is 15.6. The molecule has 0 saturated carbocycles. The Morgan fingerprint density at radius 1 is 1.35 bits per heavy atom. The van der Waals surface area contributed by atoms with Crippen LogP contribution in [0.4, 0.5) is 0 Å². The van der Waals surface area contributed by atoms with Gasteiger partial charge in [0.2, 0.25) is 0 Å². The highest BCUT2D eigenvalue weighted by molar-refractivity contribution is 7.11. The fourth-order valence-corrected chi connectivity index (χ4v) is 3.40. The van der Waals surface area contributed by atoms with Crippen molar-refractivity contribution in [3.63, 3.8) is 0 Å². The first-order valence-electron chi connectivity index (χ1n) is 7.79. The number of nitrogens with two attached hydrogens (primary N) is 2. The van der Waals surface area contributed by atoms with E-state index in [0.29, 0.717) is 34.8 Å². The average Bonchev–Trinajstić information content (AvgIpc) is 3.28. The predicted molar refractivity (Wildman–Crippen MR) is 105 cm³/mol. The lowest BCUT2D eigenvalue weighted by molar-refractivity contribution is 0.0998. The van der Waals surface area contributed by atoms with Gasteiger partial charge < -0.3 is 26.5 Å². The third-order valence-electron chi connectivity index (χ3n) is 3.70. The molecule has 2 heterocycles. The number of halogens is 1. The van der Waals surface area contributed by atoms with Gasteiger partial charge in [-0.05, 0) is 30.3 Å². The number of carbonyl (C=O) groups is 1. The fourth-order valence-electron chi connectivity index (χ4n) is 2.38. The molecule has 136 valence electrons. The van der Waals surface area contributed by atoms with Gasteiger partial charge in [-0.15, -0.1) is 11.3 Å². The Morgan fingerprint density at radius 3 is 2.81 bits per heavy atom. The average molecular weight is 392 g/mol. The van der Waals surface area contributed by atoms with E-state index in [1.165, 1.54) is 0 Å². The summed E-state index contributed by atoms with van der Waals surface area (Å²) in [5, 5.41) is 3.79. The number of benzene rings is 1. The molecule has 0 aliphatic carbocycles. The first kappa shape index (κ1) is 18.2. The molecule has 3 rings (SSSR count). The van der Waals surface area contributed by atoms with Crippen molar-refractivity contribution in [2.24, 2.45) is 16.5 Å². The second-order valence-electron chi connectivity index (χ2n) is 5.43. The first-order chi connectivity index (χ1) is 12.5. The maximum absolute atomic E-state index is 12.2. The topological polar surface area (TPSA) is 119 Å². The van der Waals surface area contributed by atoms with Crippen LogP contribution in [-0.4, -0.2) is 23.9 Å². The SMILES string of the molecule is CNC(N)=NC(=O)c1cc2c(Cl)ccc(OCc3ccc(CN)s3)c2[nH]1. The van der Waals surface area contributed by atoms with Crippen LogP contribution in [0.2, 0.25) is 5.02 Å². The van der Waals surface area contributed by atoms with Crippen LogP contribution in [0, 0.1) is 0 Å². The van der Waals surface area contributed by atoms with Crippen molar-refractivity contribution < 1.29 is 9.53 Å². The molecule has 0 atom stereocenters. The van der Waals surface area contributed by atoms with E-state index < -0.39 is 5.91 Å². The van der Waals surface area contributed by atoms with E-state index in [-0.39, 0.29) is 11.7 Å². The molecule has 0 spiro atoms. The summed E-state index contributed by atoms with van der Waals surface area (Å²) in [6.45, 7) is 0.906. The van der Waals surface area contributed by atoms with E-state index in [9.17, 15) is 4.79 Å². The van der Waals surface area contributed by atoms with Crippen molar-refractivity contribution >= 4 is 45.7 Å². The number of carbonyl (C=O) groups excluding carboxylic acids is 1. The largest absolute Gasteiger partial charge is 0.486 e. The first-order valence-corrected chi connectivity index (χ1v) is 8.99. The van der Waals surface area contributed by atoms with Gasteiger partial charge >= 0.3 is 0 Å². The van der Waals surface area contributed by atoms with Gasteiger partial charge in [-0.2, -0.15) is 4.99 Å². The molecule has 0 saturated heterocycles. The third kappa shape index (κ3) is 3.82. The summed E-state index contributed by atoms with van der Waals surface area (Å²) in [5.74, 6) is 0.127. The molecule has 6 N–H and O–H groups in total. The molecule has 7 nitrogen and oxygen atoms in total. The molecular formula is C17H18ClN5O2S. The monoisotopic (exact) mass is 391 g/mol. The molecule has 0 bridgehead atoms. The van der Waals surface area contributed by atoms with Crippen LogP contribution in [0.25, 0.3) is 10.9 Å². The quantitative estimate of drug-likeness (QED) is 0.393. The third-order valence-corrected chi connectivity index (χ3v) is 5.11. The summed E-state index contributed by atoms with van der Waals surface area (Å²) in [6.07, 6.45) is 0. The maximum Gasteiger partial charge on any atom is 0.296 e. The normalized spacial score (nSPS) is 11.7. The highest BCUT2D eigenvalue weighted by Crippen LogP contribution is 2.33. The van der Waals surface area contributed by atoms with Gasteiger partial charge in [0.05, 0.1) is 10.5 Å². The van der Waals surface area contributed by atoms with E-state index >= 15 is 0 Å². The van der Waals surface area contributed by atoms with E-state index in [1.54, 1.807) is 36.6 Å². The number of thiophene rings is 1. The van der Waals surface area contributed by atoms with Gasteiger partial charge in [-0.3, -0.25) is 4.79 Å². The highest BCUT2D eigenvalue weighted by Gasteiger charge is 2.15. The van der Waals surface area contributed by atoms with Crippen molar-refractivity contribution in [2.45, 2.75) is 13.2 Å². The summed E-state index contributed by atoms with van der Waals surface area (Å²) in [5.41, 5.74) is 12.1. The Bertz CT molecular complexity index is 979. The number of nitrogens with one attached hydrogen (secondary N) is 2. The van der Waals surface area contributed by atoms with Crippen LogP contribution in [0.15, 0.2) is 35.3 Å². The number of H-pyrrole nitrogens is 1. The summed E-state index contributed by atoms with van der Waals surface area (Å²) in [4.78, 5) is 21.1. The predicted octanol–water partition coefficient (Wildman–Crippen LogP) is 2.59. The number of hydrogen-bond acceptors (Lipinski definition) is 4. The Labute approximate surface area is 159 Å². The number of nitrogens with zero attached hydrogens (tertiary/aromatic N) is 1. The summed E-state index contributed by atoms with van der Waals surface area (Å²) in [6, 6.07) is 9.09. The smallest absolute Gasteiger partial charge is 0.296 e. The fraction of sp³-hybridized carbons (Fsp3) is 0.176. The Balaban J connectivity index is 1.88. The number of guanidine groups is 1. The standard InChI is InChI=1S/C17H18ClN5O2S/c1-21-17(20)23-16(24)13-6-11-12(18)4-5-14(15(11)22-13)25-8-10-3-2-9(7-19)26-10/h2-6,22H,7-8,19H2,1H3,(H3,20,21,23,24). The van der Waals surface area contributed by atoms with E-state index in [2.05, 4.69) is 15.3 Å². The Kier molecular flexibility index (Phi) is 5.46. The Morgan fingerprint density at radius 2 is 2.12 bits per heavy atom. The van der Waals surface area contributed by atoms with Crippen molar-refractivity contribution in [1.82, 2.24) is 10.3 Å². The maximum atomic E-state index is 12.2. The minimum atomic E-state index is -0.499. The number of fused-ring (bicyclic) bond motifs is 1. The molecular weight excluding hydrogens is 374 g/mol. The summed E-state index contributed by atoms with van der Waals surface area (Å²) >= 11 is 7.85. The van der Waals surface area contributed by atoms with Gasteiger partial charge in [-0.1, -0.05) is 11.6 Å². The molecule has 0 aliphatic heterocycles. The van der Waals surface area contributed by atoms with Crippen molar-refractivity contribution in [1.29, 1.82) is 0 Å². The minimum absolute atomic E-state index is 0.0321. The Hall–Kier alpha value is -2.55. The number of ether oxygens (including phenoxy) is 1. The van der Waals surface area contributed by atoms with Crippen LogP contribution >= 0.6 is 22.9 Å². The molecule has 1 aromatic carbocycles. The zero-order chi connectivity index (χ0) is 18.7. The zero-order valence-electron chi connectivity index (χ0n) is 14.0. The second kappa shape index (κ2) is 7.77. The van der Waals surface area contributed by atoms with Gasteiger partial charge in [0.15, 0.2) is 5.96 Å². The van der Waals surface area contributed by atoms with Gasteiger partial charge in [0.1, 0.15) is 18.1 Å². The van der Waals surface area contributed by atoms with Crippen LogP contribution < -0.4 is 21.5 Å². The number of rotatable bonds is 5. The van der Waals surface area contributed by atoms with Crippen molar-refractivity contribution in [2.75, 3.05) is 7.05 Å². The van der Waals surface area contributed by atoms with Crippen LogP contribution in [0.3, 0.4) is 0 Å². The van der Waals surface area contributed by atoms with Crippen molar-refractivity contribution in [3.05, 3.63) is 50.8 Å². The van der Waals surface area contributed by atoms with Gasteiger partial charge in [0, 0.05) is 28.7 Å². The van der Waals surface area contributed by atoms with Gasteiger partial charge in [0.25, 0.3) is 5.91 Å². The van der Waals surface area contributed by atoms with E-state index in [1.807, 2.05) is 12.1 Å². The molecule has 1 amide bonds. The highest BCUT2D eigenvalue weighted by atomic mass is 35.5. The number of aromatic nitrogens is 1. The summed E-state index contributed by atoms with van der Waals surface area (Å²) < 4.78 is 5.91. The van der Waals surface area contributed by atoms with Crippen molar-refractivity contribution in [3.8, 4) is 5.75 Å². The number of aliphatic imine (C=N–C) groups is 1. The second-order valence-corrected chi connectivity index (χ2v) is 7.09. The molecule has 0 fully saturated rings. The molecule has 26 heavy (non-hydrogen) atoms. The van der Waals surface area contributed by atoms with Crippen LogP contribution in [-0.2, 0) is 13.2 Å².